The van der Waals surface area contributed by atoms with Crippen LogP contribution in [-0.4, -0.2) is 11.7 Å². The van der Waals surface area contributed by atoms with Gasteiger partial charge in [-0.2, -0.15) is 0 Å². The SMILES string of the molecule is CCCCC(CC)CC(CO)Cc1ccc(C)cc1. The normalized spacial score (nSPS) is 14.3. The highest BCUT2D eigenvalue weighted by atomic mass is 16.3. The minimum absolute atomic E-state index is 0.316. The summed E-state index contributed by atoms with van der Waals surface area (Å²) in [4.78, 5) is 0. The third-order valence-corrected chi connectivity index (χ3v) is 4.11. The zero-order chi connectivity index (χ0) is 14.1. The van der Waals surface area contributed by atoms with Crippen molar-refractivity contribution < 1.29 is 5.11 Å². The van der Waals surface area contributed by atoms with Crippen LogP contribution in [0.5, 0.6) is 0 Å². The van der Waals surface area contributed by atoms with Crippen molar-refractivity contribution in [3.63, 3.8) is 0 Å². The van der Waals surface area contributed by atoms with Crippen molar-refractivity contribution in [2.24, 2.45) is 11.8 Å². The van der Waals surface area contributed by atoms with E-state index in [-0.39, 0.29) is 0 Å². The molecular weight excluding hydrogens is 232 g/mol. The monoisotopic (exact) mass is 262 g/mol. The Hall–Kier alpha value is -0.820. The fourth-order valence-corrected chi connectivity index (χ4v) is 2.73. The highest BCUT2D eigenvalue weighted by Gasteiger charge is 2.15. The van der Waals surface area contributed by atoms with Crippen LogP contribution in [0.25, 0.3) is 0 Å². The molecule has 0 radical (unpaired) electrons. The summed E-state index contributed by atoms with van der Waals surface area (Å²) in [7, 11) is 0. The van der Waals surface area contributed by atoms with Crippen molar-refractivity contribution in [2.75, 3.05) is 6.61 Å². The van der Waals surface area contributed by atoms with Crippen LogP contribution >= 0.6 is 0 Å². The number of aliphatic hydroxyl groups excluding tert-OH is 1. The van der Waals surface area contributed by atoms with Gasteiger partial charge < -0.3 is 5.11 Å². The summed E-state index contributed by atoms with van der Waals surface area (Å²) >= 11 is 0. The number of benzene rings is 1. The Morgan fingerprint density at radius 2 is 1.74 bits per heavy atom. The topological polar surface area (TPSA) is 20.2 Å². The molecule has 2 unspecified atom stereocenters. The molecule has 0 aliphatic heterocycles. The number of aliphatic hydroxyl groups is 1. The van der Waals surface area contributed by atoms with E-state index in [0.717, 1.165) is 12.3 Å². The molecule has 0 heterocycles. The van der Waals surface area contributed by atoms with Crippen LogP contribution in [0.15, 0.2) is 24.3 Å². The van der Waals surface area contributed by atoms with Crippen molar-refractivity contribution in [1.29, 1.82) is 0 Å². The van der Waals surface area contributed by atoms with Gasteiger partial charge in [0.15, 0.2) is 0 Å². The lowest BCUT2D eigenvalue weighted by Crippen LogP contribution is -2.15. The molecule has 1 aromatic rings. The van der Waals surface area contributed by atoms with Crippen LogP contribution in [0.4, 0.5) is 0 Å². The lowest BCUT2D eigenvalue weighted by molar-refractivity contribution is 0.194. The number of hydrogen-bond acceptors (Lipinski definition) is 1. The van der Waals surface area contributed by atoms with Gasteiger partial charge in [0, 0.05) is 6.61 Å². The molecule has 0 saturated carbocycles. The van der Waals surface area contributed by atoms with E-state index >= 15 is 0 Å². The van der Waals surface area contributed by atoms with E-state index in [2.05, 4.69) is 45.0 Å². The van der Waals surface area contributed by atoms with E-state index in [1.54, 1.807) is 0 Å². The third-order valence-electron chi connectivity index (χ3n) is 4.11. The number of hydrogen-bond donors (Lipinski definition) is 1. The summed E-state index contributed by atoms with van der Waals surface area (Å²) in [5, 5.41) is 9.61. The second kappa shape index (κ2) is 9.14. The number of unbranched alkanes of at least 4 members (excludes halogenated alkanes) is 1. The largest absolute Gasteiger partial charge is 0.396 e. The van der Waals surface area contributed by atoms with Gasteiger partial charge in [0.05, 0.1) is 0 Å². The van der Waals surface area contributed by atoms with E-state index in [0.29, 0.717) is 12.5 Å². The zero-order valence-electron chi connectivity index (χ0n) is 12.9. The highest BCUT2D eigenvalue weighted by molar-refractivity contribution is 5.21. The molecule has 108 valence electrons. The van der Waals surface area contributed by atoms with Crippen LogP contribution in [0.3, 0.4) is 0 Å². The average Bonchev–Trinajstić information content (AvgIpc) is 2.44. The number of aryl methyl sites for hydroxylation is 1. The first kappa shape index (κ1) is 16.2. The second-order valence-corrected chi connectivity index (χ2v) is 5.89. The first-order valence-corrected chi connectivity index (χ1v) is 7.85. The summed E-state index contributed by atoms with van der Waals surface area (Å²) in [6.45, 7) is 6.96. The van der Waals surface area contributed by atoms with Crippen molar-refractivity contribution in [3.8, 4) is 0 Å². The zero-order valence-corrected chi connectivity index (χ0v) is 12.9. The van der Waals surface area contributed by atoms with Crippen LogP contribution < -0.4 is 0 Å². The first-order valence-electron chi connectivity index (χ1n) is 7.85. The summed E-state index contributed by atoms with van der Waals surface area (Å²) in [5.74, 6) is 1.20. The Bertz CT molecular complexity index is 328. The molecule has 0 bridgehead atoms. The van der Waals surface area contributed by atoms with Crippen LogP contribution in [0.2, 0.25) is 0 Å². The smallest absolute Gasteiger partial charge is 0.0462 e. The van der Waals surface area contributed by atoms with Gasteiger partial charge in [0.25, 0.3) is 0 Å². The Morgan fingerprint density at radius 3 is 2.26 bits per heavy atom. The molecule has 1 aromatic carbocycles. The summed E-state index contributed by atoms with van der Waals surface area (Å²) in [6.07, 6.45) is 7.33. The lowest BCUT2D eigenvalue weighted by atomic mass is 9.86. The quantitative estimate of drug-likeness (QED) is 0.680. The molecule has 0 spiro atoms. The van der Waals surface area contributed by atoms with E-state index in [9.17, 15) is 5.11 Å². The molecule has 0 amide bonds. The van der Waals surface area contributed by atoms with E-state index < -0.39 is 0 Å². The van der Waals surface area contributed by atoms with Crippen LogP contribution in [0.1, 0.15) is 57.1 Å². The van der Waals surface area contributed by atoms with Crippen LogP contribution in [0, 0.1) is 18.8 Å². The predicted octanol–water partition coefficient (Wildman–Crippen LogP) is 4.75. The van der Waals surface area contributed by atoms with Gasteiger partial charge in [-0.25, -0.2) is 0 Å². The third kappa shape index (κ3) is 6.24. The molecule has 0 saturated heterocycles. The maximum Gasteiger partial charge on any atom is 0.0462 e. The Kier molecular flexibility index (Phi) is 7.81. The molecule has 1 N–H and O–H groups in total. The Morgan fingerprint density at radius 1 is 1.05 bits per heavy atom. The summed E-state index contributed by atoms with van der Waals surface area (Å²) in [5.41, 5.74) is 2.66. The van der Waals surface area contributed by atoms with Crippen molar-refractivity contribution >= 4 is 0 Å². The van der Waals surface area contributed by atoms with Gasteiger partial charge in [-0.3, -0.25) is 0 Å². The van der Waals surface area contributed by atoms with Crippen molar-refractivity contribution in [1.82, 2.24) is 0 Å². The van der Waals surface area contributed by atoms with E-state index in [4.69, 9.17) is 0 Å². The summed E-state index contributed by atoms with van der Waals surface area (Å²) in [6, 6.07) is 8.73. The Balaban J connectivity index is 2.49. The molecule has 1 nitrogen and oxygen atoms in total. The molecule has 1 heteroatoms. The molecule has 0 aliphatic carbocycles. The van der Waals surface area contributed by atoms with Crippen LogP contribution in [-0.2, 0) is 6.42 Å². The predicted molar refractivity (Wildman–Crippen MR) is 83.4 cm³/mol. The second-order valence-electron chi connectivity index (χ2n) is 5.89. The van der Waals surface area contributed by atoms with Crippen molar-refractivity contribution in [2.45, 2.75) is 59.3 Å². The molecule has 19 heavy (non-hydrogen) atoms. The maximum absolute atomic E-state index is 9.61. The van der Waals surface area contributed by atoms with Gasteiger partial charge >= 0.3 is 0 Å². The van der Waals surface area contributed by atoms with Gasteiger partial charge in [0.2, 0.25) is 0 Å². The van der Waals surface area contributed by atoms with E-state index in [1.165, 1.54) is 43.2 Å². The van der Waals surface area contributed by atoms with Gasteiger partial charge in [-0.05, 0) is 37.2 Å². The Labute approximate surface area is 119 Å². The maximum atomic E-state index is 9.61. The molecule has 2 atom stereocenters. The standard InChI is InChI=1S/C18H30O/c1-4-6-7-16(5-2)12-18(14-19)13-17-10-8-15(3)9-11-17/h8-11,16,18-19H,4-7,12-14H2,1-3H3. The fourth-order valence-electron chi connectivity index (χ4n) is 2.73. The minimum atomic E-state index is 0.316. The number of rotatable bonds is 9. The molecular formula is C18H30O. The molecule has 0 fully saturated rings. The molecule has 0 aromatic heterocycles. The fraction of sp³-hybridized carbons (Fsp3) is 0.667. The van der Waals surface area contributed by atoms with Crippen molar-refractivity contribution in [3.05, 3.63) is 35.4 Å². The summed E-state index contributed by atoms with van der Waals surface area (Å²) < 4.78 is 0. The van der Waals surface area contributed by atoms with Gasteiger partial charge in [-0.15, -0.1) is 0 Å². The first-order chi connectivity index (χ1) is 9.19. The molecule has 0 aliphatic rings. The lowest BCUT2D eigenvalue weighted by Gasteiger charge is -2.21. The van der Waals surface area contributed by atoms with Gasteiger partial charge in [0.1, 0.15) is 0 Å². The van der Waals surface area contributed by atoms with Gasteiger partial charge in [-0.1, -0.05) is 69.4 Å². The van der Waals surface area contributed by atoms with E-state index in [1.807, 2.05) is 0 Å². The molecule has 1 rings (SSSR count). The minimum Gasteiger partial charge on any atom is -0.396 e. The highest BCUT2D eigenvalue weighted by Crippen LogP contribution is 2.24. The average molecular weight is 262 g/mol.